The molecular formula is C14H17N3O2. The smallest absolute Gasteiger partial charge is 0.138 e. The highest BCUT2D eigenvalue weighted by Crippen LogP contribution is 2.19. The average molecular weight is 259 g/mol. The number of β-amino-alcohol motifs (C(OH)–C–C–N with tert-alkyl or cyclic N) is 1. The molecule has 0 radical (unpaired) electrons. The molecule has 0 bridgehead atoms. The van der Waals surface area contributed by atoms with Crippen molar-refractivity contribution in [1.82, 2.24) is 14.9 Å². The van der Waals surface area contributed by atoms with Gasteiger partial charge in [-0.05, 0) is 12.1 Å². The third-order valence-corrected chi connectivity index (χ3v) is 3.29. The summed E-state index contributed by atoms with van der Waals surface area (Å²) >= 11 is 0. The van der Waals surface area contributed by atoms with Gasteiger partial charge in [0.15, 0.2) is 0 Å². The molecule has 1 aliphatic heterocycles. The van der Waals surface area contributed by atoms with Crippen LogP contribution in [0, 0.1) is 0 Å². The summed E-state index contributed by atoms with van der Waals surface area (Å²) in [6.07, 6.45) is 2.84. The van der Waals surface area contributed by atoms with Crippen LogP contribution in [0.15, 0.2) is 42.9 Å². The minimum absolute atomic E-state index is 0.176. The molecule has 3 rings (SSSR count). The predicted octanol–water partition coefficient (Wildman–Crippen LogP) is 1.03. The summed E-state index contributed by atoms with van der Waals surface area (Å²) in [5, 5.41) is 10.1. The second-order valence-corrected chi connectivity index (χ2v) is 4.81. The summed E-state index contributed by atoms with van der Waals surface area (Å²) in [7, 11) is 0. The number of hydrogen-bond acceptors (Lipinski definition) is 4. The van der Waals surface area contributed by atoms with Gasteiger partial charge >= 0.3 is 0 Å². The molecule has 0 aliphatic carbocycles. The van der Waals surface area contributed by atoms with E-state index in [2.05, 4.69) is 14.9 Å². The molecule has 2 heterocycles. The highest BCUT2D eigenvalue weighted by molar-refractivity contribution is 5.21. The van der Waals surface area contributed by atoms with Gasteiger partial charge in [-0.15, -0.1) is 0 Å². The van der Waals surface area contributed by atoms with Crippen LogP contribution in [0.4, 0.5) is 0 Å². The Morgan fingerprint density at radius 2 is 2.16 bits per heavy atom. The lowest BCUT2D eigenvalue weighted by molar-refractivity contribution is 0.0737. The molecule has 5 heteroatoms. The lowest BCUT2D eigenvalue weighted by atomic mass is 10.2. The number of aliphatic hydroxyl groups is 1. The van der Waals surface area contributed by atoms with Crippen molar-refractivity contribution < 1.29 is 9.84 Å². The third-order valence-electron chi connectivity index (χ3n) is 3.29. The predicted molar refractivity (Wildman–Crippen MR) is 70.7 cm³/mol. The van der Waals surface area contributed by atoms with Crippen molar-refractivity contribution >= 4 is 0 Å². The minimum Gasteiger partial charge on any atom is -0.486 e. The maximum absolute atomic E-state index is 10.1. The van der Waals surface area contributed by atoms with Crippen LogP contribution in [-0.4, -0.2) is 45.3 Å². The molecule has 0 saturated carbocycles. The Labute approximate surface area is 111 Å². The van der Waals surface area contributed by atoms with Gasteiger partial charge in [0, 0.05) is 31.5 Å². The van der Waals surface area contributed by atoms with Gasteiger partial charge in [-0.2, -0.15) is 0 Å². The molecule has 5 nitrogen and oxygen atoms in total. The Hall–Kier alpha value is -1.85. The van der Waals surface area contributed by atoms with E-state index in [9.17, 15) is 5.11 Å². The van der Waals surface area contributed by atoms with Crippen molar-refractivity contribution in [3.8, 4) is 5.75 Å². The van der Waals surface area contributed by atoms with Gasteiger partial charge in [-0.3, -0.25) is 4.90 Å². The Balaban J connectivity index is 1.59. The Morgan fingerprint density at radius 3 is 2.89 bits per heavy atom. The molecule has 0 amide bonds. The fourth-order valence-corrected chi connectivity index (χ4v) is 2.36. The number of aliphatic hydroxyl groups excluding tert-OH is 1. The van der Waals surface area contributed by atoms with Crippen LogP contribution in [0.5, 0.6) is 5.75 Å². The van der Waals surface area contributed by atoms with E-state index in [1.165, 1.54) is 0 Å². The maximum Gasteiger partial charge on any atom is 0.138 e. The Kier molecular flexibility index (Phi) is 3.48. The van der Waals surface area contributed by atoms with Crippen LogP contribution in [0.3, 0.4) is 0 Å². The molecule has 1 aromatic heterocycles. The lowest BCUT2D eigenvalue weighted by Gasteiger charge is -2.16. The standard InChI is InChI=1S/C14H17N3O2/c18-13-8-17(7-11-6-15-10-16-11)9-14(13)19-12-4-2-1-3-5-12/h1-6,10,13-14,18H,7-9H2,(H,15,16)/t13-,14-/m1/s1. The quantitative estimate of drug-likeness (QED) is 0.861. The number of rotatable bonds is 4. The monoisotopic (exact) mass is 259 g/mol. The minimum atomic E-state index is -0.455. The second kappa shape index (κ2) is 5.42. The molecule has 1 aromatic carbocycles. The summed E-state index contributed by atoms with van der Waals surface area (Å²) in [6.45, 7) is 2.09. The van der Waals surface area contributed by atoms with E-state index in [4.69, 9.17) is 4.74 Å². The van der Waals surface area contributed by atoms with Crippen molar-refractivity contribution in [2.45, 2.75) is 18.8 Å². The third kappa shape index (κ3) is 2.94. The summed E-state index contributed by atoms with van der Waals surface area (Å²) in [4.78, 5) is 9.22. The van der Waals surface area contributed by atoms with E-state index in [0.29, 0.717) is 6.54 Å². The highest BCUT2D eigenvalue weighted by Gasteiger charge is 2.33. The van der Waals surface area contributed by atoms with Gasteiger partial charge in [0.25, 0.3) is 0 Å². The summed E-state index contributed by atoms with van der Waals surface area (Å²) in [5.41, 5.74) is 1.05. The average Bonchev–Trinajstić information content (AvgIpc) is 3.02. The number of para-hydroxylation sites is 1. The molecule has 0 unspecified atom stereocenters. The molecule has 1 aliphatic rings. The van der Waals surface area contributed by atoms with Crippen molar-refractivity contribution in [3.63, 3.8) is 0 Å². The van der Waals surface area contributed by atoms with Crippen LogP contribution < -0.4 is 4.74 Å². The number of hydrogen-bond donors (Lipinski definition) is 2. The van der Waals surface area contributed by atoms with Gasteiger partial charge < -0.3 is 14.8 Å². The van der Waals surface area contributed by atoms with E-state index in [-0.39, 0.29) is 6.10 Å². The first-order valence-electron chi connectivity index (χ1n) is 6.40. The molecule has 19 heavy (non-hydrogen) atoms. The number of likely N-dealkylation sites (tertiary alicyclic amines) is 1. The molecule has 1 saturated heterocycles. The van der Waals surface area contributed by atoms with Gasteiger partial charge in [-0.25, -0.2) is 4.98 Å². The summed E-state index contributed by atoms with van der Waals surface area (Å²) < 4.78 is 5.82. The van der Waals surface area contributed by atoms with Crippen molar-refractivity contribution in [3.05, 3.63) is 48.5 Å². The van der Waals surface area contributed by atoms with Crippen molar-refractivity contribution in [2.24, 2.45) is 0 Å². The van der Waals surface area contributed by atoms with Gasteiger partial charge in [-0.1, -0.05) is 18.2 Å². The normalized spacial score (nSPS) is 23.6. The second-order valence-electron chi connectivity index (χ2n) is 4.81. The van der Waals surface area contributed by atoms with Crippen LogP contribution in [-0.2, 0) is 6.54 Å². The molecule has 1 fully saturated rings. The van der Waals surface area contributed by atoms with Crippen LogP contribution >= 0.6 is 0 Å². The molecular weight excluding hydrogens is 242 g/mol. The van der Waals surface area contributed by atoms with Crippen LogP contribution in [0.25, 0.3) is 0 Å². The summed E-state index contributed by atoms with van der Waals surface area (Å²) in [6, 6.07) is 9.62. The topological polar surface area (TPSA) is 61.4 Å². The number of aromatic nitrogens is 2. The van der Waals surface area contributed by atoms with E-state index < -0.39 is 6.10 Å². The largest absolute Gasteiger partial charge is 0.486 e. The molecule has 2 N–H and O–H groups in total. The first kappa shape index (κ1) is 12.2. The zero-order valence-corrected chi connectivity index (χ0v) is 10.6. The fraction of sp³-hybridized carbons (Fsp3) is 0.357. The van der Waals surface area contributed by atoms with Crippen LogP contribution in [0.1, 0.15) is 5.69 Å². The number of nitrogens with one attached hydrogen (secondary N) is 1. The lowest BCUT2D eigenvalue weighted by Crippen LogP contribution is -2.29. The Morgan fingerprint density at radius 1 is 1.32 bits per heavy atom. The van der Waals surface area contributed by atoms with E-state index in [1.807, 2.05) is 30.3 Å². The Bertz CT molecular complexity index is 501. The summed E-state index contributed by atoms with van der Waals surface area (Å²) in [5.74, 6) is 0.801. The maximum atomic E-state index is 10.1. The molecule has 0 spiro atoms. The zero-order chi connectivity index (χ0) is 13.1. The first-order chi connectivity index (χ1) is 9.31. The highest BCUT2D eigenvalue weighted by atomic mass is 16.5. The zero-order valence-electron chi connectivity index (χ0n) is 10.6. The van der Waals surface area contributed by atoms with Crippen LogP contribution in [0.2, 0.25) is 0 Å². The van der Waals surface area contributed by atoms with Gasteiger partial charge in [0.05, 0.1) is 6.33 Å². The number of nitrogens with zero attached hydrogens (tertiary/aromatic N) is 2. The van der Waals surface area contributed by atoms with Gasteiger partial charge in [0.1, 0.15) is 18.0 Å². The molecule has 2 aromatic rings. The SMILES string of the molecule is O[C@@H]1CN(Cc2cnc[nH]2)C[C@H]1Oc1ccccc1. The fourth-order valence-electron chi connectivity index (χ4n) is 2.36. The number of H-pyrrole nitrogens is 1. The first-order valence-corrected chi connectivity index (χ1v) is 6.40. The number of ether oxygens (including phenoxy) is 1. The van der Waals surface area contributed by atoms with Crippen molar-refractivity contribution in [2.75, 3.05) is 13.1 Å². The van der Waals surface area contributed by atoms with Gasteiger partial charge in [0.2, 0.25) is 0 Å². The number of imidazole rings is 1. The van der Waals surface area contributed by atoms with Crippen molar-refractivity contribution in [1.29, 1.82) is 0 Å². The number of benzene rings is 1. The van der Waals surface area contributed by atoms with E-state index >= 15 is 0 Å². The molecule has 2 atom stereocenters. The molecule has 100 valence electrons. The van der Waals surface area contributed by atoms with E-state index in [0.717, 1.165) is 24.5 Å². The van der Waals surface area contributed by atoms with E-state index in [1.54, 1.807) is 12.5 Å². The number of aromatic amines is 1.